The Morgan fingerprint density at radius 2 is 1.94 bits per heavy atom. The Hall–Kier alpha value is -4.36. The third-order valence-corrected chi connectivity index (χ3v) is 5.32. The van der Waals surface area contributed by atoms with Crippen LogP contribution in [0.2, 0.25) is 0 Å². The van der Waals surface area contributed by atoms with Gasteiger partial charge in [-0.15, -0.1) is 0 Å². The molecule has 0 spiro atoms. The Balaban J connectivity index is 1.82. The summed E-state index contributed by atoms with van der Waals surface area (Å²) in [5, 5.41) is 22.6. The van der Waals surface area contributed by atoms with Crippen LogP contribution < -0.4 is 21.9 Å². The number of aromatic nitrogens is 1. The zero-order chi connectivity index (χ0) is 25.5. The highest BCUT2D eigenvalue weighted by Gasteiger charge is 2.20. The largest absolute Gasteiger partial charge is 0.371 e. The van der Waals surface area contributed by atoms with Crippen molar-refractivity contribution in [3.63, 3.8) is 0 Å². The van der Waals surface area contributed by atoms with Crippen molar-refractivity contribution in [2.45, 2.75) is 25.8 Å². The molecule has 0 aliphatic rings. The van der Waals surface area contributed by atoms with Gasteiger partial charge in [0.05, 0.1) is 21.9 Å². The van der Waals surface area contributed by atoms with Crippen LogP contribution in [-0.2, 0) is 11.2 Å². The Kier molecular flexibility index (Phi) is 8.07. The Bertz CT molecular complexity index is 1380. The molecule has 1 atom stereocenters. The summed E-state index contributed by atoms with van der Waals surface area (Å²) in [6.07, 6.45) is 2.00. The van der Waals surface area contributed by atoms with Crippen molar-refractivity contribution in [1.29, 1.82) is 10.7 Å². The van der Waals surface area contributed by atoms with E-state index in [1.165, 1.54) is 16.7 Å². The Morgan fingerprint density at radius 3 is 2.54 bits per heavy atom. The summed E-state index contributed by atoms with van der Waals surface area (Å²) >= 11 is 5.19. The minimum absolute atomic E-state index is 0.0281. The van der Waals surface area contributed by atoms with Gasteiger partial charge in [0, 0.05) is 36.5 Å². The van der Waals surface area contributed by atoms with Gasteiger partial charge in [0.15, 0.2) is 0 Å². The fourth-order valence-corrected chi connectivity index (χ4v) is 3.72. The number of halogens is 1. The van der Waals surface area contributed by atoms with E-state index in [0.717, 1.165) is 11.6 Å². The monoisotopic (exact) mass is 490 g/mol. The van der Waals surface area contributed by atoms with Crippen LogP contribution in [0.3, 0.4) is 0 Å². The van der Waals surface area contributed by atoms with Gasteiger partial charge in [-0.25, -0.2) is 4.39 Å². The van der Waals surface area contributed by atoms with E-state index in [4.69, 9.17) is 23.4 Å². The summed E-state index contributed by atoms with van der Waals surface area (Å²) < 4.78 is 16.2. The summed E-state index contributed by atoms with van der Waals surface area (Å²) in [5.41, 5.74) is 7.38. The quantitative estimate of drug-likeness (QED) is 0.268. The molecule has 0 aliphatic heterocycles. The molecule has 0 saturated carbocycles. The molecule has 35 heavy (non-hydrogen) atoms. The van der Waals surface area contributed by atoms with Gasteiger partial charge in [-0.05, 0) is 42.8 Å². The number of nitrogens with zero attached hydrogens (tertiary/aromatic N) is 2. The van der Waals surface area contributed by atoms with Crippen LogP contribution in [0.4, 0.5) is 15.8 Å². The lowest BCUT2D eigenvalue weighted by atomic mass is 10.0. The normalized spacial score (nSPS) is 11.2. The highest BCUT2D eigenvalue weighted by molar-refractivity contribution is 7.80. The zero-order valence-corrected chi connectivity index (χ0v) is 19.7. The van der Waals surface area contributed by atoms with E-state index in [0.29, 0.717) is 16.4 Å². The molecule has 3 aromatic rings. The zero-order valence-electron chi connectivity index (χ0n) is 18.8. The van der Waals surface area contributed by atoms with E-state index in [9.17, 15) is 19.2 Å². The van der Waals surface area contributed by atoms with Crippen molar-refractivity contribution >= 4 is 40.2 Å². The number of carbonyl (C=O) groups excluding carboxylic acids is 1. The number of nitrogens with one attached hydrogen (secondary N) is 3. The maximum absolute atomic E-state index is 14.7. The highest BCUT2D eigenvalue weighted by atomic mass is 32.1. The second kappa shape index (κ2) is 11.2. The number of hydrogen-bond donors (Lipinski definition) is 4. The third-order valence-electron chi connectivity index (χ3n) is 5.08. The molecular weight excluding hydrogens is 467 g/mol. The molecule has 5 N–H and O–H groups in total. The number of carbonyl (C=O) groups is 1. The maximum atomic E-state index is 14.7. The highest BCUT2D eigenvalue weighted by Crippen LogP contribution is 2.26. The van der Waals surface area contributed by atoms with Crippen molar-refractivity contribution in [1.82, 2.24) is 4.57 Å². The SMILES string of the molecule is CC(=N)CC(=S)Nc1cc(NC(Cc2ccc(-n3ccccc3=O)cc2)C(N)=O)c(F)cc1C#N. The van der Waals surface area contributed by atoms with Crippen LogP contribution >= 0.6 is 12.2 Å². The second-order valence-electron chi connectivity index (χ2n) is 7.87. The first-order chi connectivity index (χ1) is 16.7. The van der Waals surface area contributed by atoms with Crippen LogP contribution in [0, 0.1) is 22.6 Å². The van der Waals surface area contributed by atoms with Crippen LogP contribution in [0.25, 0.3) is 5.69 Å². The van der Waals surface area contributed by atoms with Gasteiger partial charge in [-0.3, -0.25) is 14.2 Å². The number of benzene rings is 2. The number of hydrogen-bond acceptors (Lipinski definition) is 6. The number of nitriles is 1. The van der Waals surface area contributed by atoms with Crippen LogP contribution in [-0.4, -0.2) is 27.2 Å². The summed E-state index contributed by atoms with van der Waals surface area (Å²) in [4.78, 5) is 24.5. The molecule has 10 heteroatoms. The van der Waals surface area contributed by atoms with Gasteiger partial charge in [0.25, 0.3) is 5.56 Å². The summed E-state index contributed by atoms with van der Waals surface area (Å²) in [5.74, 6) is -1.42. The third kappa shape index (κ3) is 6.59. The number of pyridine rings is 1. The molecular formula is C25H23FN6O2S. The molecule has 0 radical (unpaired) electrons. The summed E-state index contributed by atoms with van der Waals surface area (Å²) in [7, 11) is 0. The molecule has 0 bridgehead atoms. The van der Waals surface area contributed by atoms with E-state index in [1.807, 2.05) is 6.07 Å². The molecule has 0 aliphatic carbocycles. The molecule has 0 fully saturated rings. The van der Waals surface area contributed by atoms with E-state index in [2.05, 4.69) is 10.6 Å². The molecule has 1 aromatic heterocycles. The van der Waals surface area contributed by atoms with Crippen molar-refractivity contribution < 1.29 is 9.18 Å². The lowest BCUT2D eigenvalue weighted by Crippen LogP contribution is -2.37. The molecule has 2 aromatic carbocycles. The number of primary amides is 1. The molecule has 1 amide bonds. The lowest BCUT2D eigenvalue weighted by molar-refractivity contribution is -0.118. The lowest BCUT2D eigenvalue weighted by Gasteiger charge is -2.19. The number of nitrogens with two attached hydrogens (primary N) is 1. The molecule has 3 rings (SSSR count). The first kappa shape index (κ1) is 25.3. The van der Waals surface area contributed by atoms with Gasteiger partial charge < -0.3 is 21.8 Å². The minimum Gasteiger partial charge on any atom is -0.371 e. The fourth-order valence-electron chi connectivity index (χ4n) is 3.39. The van der Waals surface area contributed by atoms with Gasteiger partial charge in [0.2, 0.25) is 5.91 Å². The smallest absolute Gasteiger partial charge is 0.255 e. The van der Waals surface area contributed by atoms with E-state index >= 15 is 0 Å². The first-order valence-corrected chi connectivity index (χ1v) is 11.0. The number of amides is 1. The van der Waals surface area contributed by atoms with Crippen molar-refractivity contribution in [2.24, 2.45) is 5.73 Å². The number of anilines is 2. The predicted octanol–water partition coefficient (Wildman–Crippen LogP) is 3.53. The topological polar surface area (TPSA) is 137 Å². The van der Waals surface area contributed by atoms with Crippen molar-refractivity contribution in [2.75, 3.05) is 10.6 Å². The van der Waals surface area contributed by atoms with Crippen LogP contribution in [0.5, 0.6) is 0 Å². The maximum Gasteiger partial charge on any atom is 0.255 e. The molecule has 1 unspecified atom stereocenters. The molecule has 1 heterocycles. The summed E-state index contributed by atoms with van der Waals surface area (Å²) in [6.45, 7) is 1.60. The second-order valence-corrected chi connectivity index (χ2v) is 8.37. The van der Waals surface area contributed by atoms with Gasteiger partial charge in [-0.2, -0.15) is 5.26 Å². The van der Waals surface area contributed by atoms with Crippen molar-refractivity contribution in [3.8, 4) is 11.8 Å². The van der Waals surface area contributed by atoms with Crippen LogP contribution in [0.1, 0.15) is 24.5 Å². The first-order valence-electron chi connectivity index (χ1n) is 10.6. The Labute approximate surface area is 206 Å². The van der Waals surface area contributed by atoms with Gasteiger partial charge in [-0.1, -0.05) is 30.4 Å². The molecule has 0 saturated heterocycles. The predicted molar refractivity (Wildman–Crippen MR) is 138 cm³/mol. The van der Waals surface area contributed by atoms with Crippen LogP contribution in [0.15, 0.2) is 65.6 Å². The molecule has 178 valence electrons. The van der Waals surface area contributed by atoms with Gasteiger partial charge in [0.1, 0.15) is 17.9 Å². The minimum atomic E-state index is -0.952. The standard InChI is InChI=1S/C25H23FN6O2S/c1-15(28)10-23(35)31-20-13-21(19(26)12-17(20)14-27)30-22(25(29)34)11-16-5-7-18(8-6-16)32-9-3-2-4-24(32)33/h2-9,12-13,22,28,30H,10-11H2,1H3,(H2,29,34)(H,31,35). The number of rotatable bonds is 9. The fraction of sp³-hybridized carbons (Fsp3) is 0.160. The average molecular weight is 491 g/mol. The van der Waals surface area contributed by atoms with Gasteiger partial charge >= 0.3 is 0 Å². The summed E-state index contributed by atoms with van der Waals surface area (Å²) in [6, 6.07) is 15.2. The average Bonchev–Trinajstić information content (AvgIpc) is 2.80. The number of thiocarbonyl (C=S) groups is 1. The van der Waals surface area contributed by atoms with Crippen molar-refractivity contribution in [3.05, 3.63) is 88.1 Å². The van der Waals surface area contributed by atoms with E-state index < -0.39 is 17.8 Å². The molecule has 8 nitrogen and oxygen atoms in total. The Morgan fingerprint density at radius 1 is 1.23 bits per heavy atom. The van der Waals surface area contributed by atoms with E-state index in [-0.39, 0.29) is 35.3 Å². The van der Waals surface area contributed by atoms with E-state index in [1.54, 1.807) is 49.5 Å².